The minimum atomic E-state index is 0.624. The van der Waals surface area contributed by atoms with Crippen molar-refractivity contribution in [1.29, 1.82) is 0 Å². The van der Waals surface area contributed by atoms with Gasteiger partial charge in [0, 0.05) is 33.2 Å². The molecular weight excluding hydrogens is 741 g/mol. The van der Waals surface area contributed by atoms with Crippen LogP contribution in [0.2, 0.25) is 0 Å². The molecule has 0 amide bonds. The molecule has 0 spiro atoms. The van der Waals surface area contributed by atoms with Gasteiger partial charge in [-0.25, -0.2) is 15.0 Å². The molecular formula is C57H36N4. The second-order valence-electron chi connectivity index (χ2n) is 15.6. The summed E-state index contributed by atoms with van der Waals surface area (Å²) < 4.78 is 2.39. The van der Waals surface area contributed by atoms with E-state index in [1.165, 1.54) is 54.2 Å². The molecule has 0 saturated heterocycles. The second-order valence-corrected chi connectivity index (χ2v) is 15.6. The molecule has 2 heterocycles. The third kappa shape index (κ3) is 5.96. The fourth-order valence-corrected chi connectivity index (χ4v) is 9.07. The summed E-state index contributed by atoms with van der Waals surface area (Å²) in [6, 6.07) is 77.6. The number of aromatic nitrogens is 4. The fourth-order valence-electron chi connectivity index (χ4n) is 9.07. The van der Waals surface area contributed by atoms with Gasteiger partial charge in [-0.15, -0.1) is 0 Å². The second kappa shape index (κ2) is 14.3. The lowest BCUT2D eigenvalue weighted by Crippen LogP contribution is -2.00. The average Bonchev–Trinajstić information content (AvgIpc) is 3.68. The van der Waals surface area contributed by atoms with E-state index in [4.69, 9.17) is 15.0 Å². The van der Waals surface area contributed by atoms with Crippen LogP contribution in [0.4, 0.5) is 0 Å². The first-order valence-corrected chi connectivity index (χ1v) is 20.7. The predicted octanol–water partition coefficient (Wildman–Crippen LogP) is 14.8. The van der Waals surface area contributed by atoms with Gasteiger partial charge in [-0.05, 0) is 78.8 Å². The Bertz CT molecular complexity index is 3580. The van der Waals surface area contributed by atoms with Gasteiger partial charge < -0.3 is 4.57 Å². The van der Waals surface area contributed by atoms with E-state index in [1.807, 2.05) is 24.3 Å². The quantitative estimate of drug-likeness (QED) is 0.158. The molecule has 0 N–H and O–H groups in total. The van der Waals surface area contributed by atoms with Crippen molar-refractivity contribution in [3.63, 3.8) is 0 Å². The zero-order valence-corrected chi connectivity index (χ0v) is 33.1. The lowest BCUT2D eigenvalue weighted by Gasteiger charge is -2.14. The van der Waals surface area contributed by atoms with Gasteiger partial charge in [-0.3, -0.25) is 0 Å². The molecule has 4 nitrogen and oxygen atoms in total. The fraction of sp³-hybridized carbons (Fsp3) is 0. The van der Waals surface area contributed by atoms with Crippen LogP contribution in [-0.2, 0) is 0 Å². The molecule has 61 heavy (non-hydrogen) atoms. The smallest absolute Gasteiger partial charge is 0.164 e. The first-order chi connectivity index (χ1) is 30.2. The SMILES string of the molecule is c1ccc(-c2ccc(-c3ccc(-c4nc(-c5ccccc5)nc(-c5ccc6c7ccccc7n(-c7ccc8c9ccccc9c9ccccc9c8c7)c6c5)n4)cc3)cc2)cc1. The van der Waals surface area contributed by atoms with Crippen LogP contribution in [0.1, 0.15) is 0 Å². The minimum Gasteiger partial charge on any atom is -0.309 e. The number of hydrogen-bond donors (Lipinski definition) is 0. The summed E-state index contributed by atoms with van der Waals surface area (Å²) in [5.74, 6) is 1.89. The molecule has 10 aromatic carbocycles. The first kappa shape index (κ1) is 34.8. The van der Waals surface area contributed by atoms with Crippen molar-refractivity contribution in [3.05, 3.63) is 218 Å². The van der Waals surface area contributed by atoms with Gasteiger partial charge in [0.1, 0.15) is 0 Å². The van der Waals surface area contributed by atoms with Crippen LogP contribution in [0.3, 0.4) is 0 Å². The van der Waals surface area contributed by atoms with E-state index in [-0.39, 0.29) is 0 Å². The normalized spacial score (nSPS) is 11.6. The third-order valence-corrected chi connectivity index (χ3v) is 12.1. The van der Waals surface area contributed by atoms with Crippen LogP contribution in [0.25, 0.3) is 116 Å². The summed E-state index contributed by atoms with van der Waals surface area (Å²) in [6.07, 6.45) is 0. The Hall–Kier alpha value is -8.21. The van der Waals surface area contributed by atoms with E-state index in [9.17, 15) is 0 Å². The Morgan fingerprint density at radius 2 is 0.590 bits per heavy atom. The van der Waals surface area contributed by atoms with Crippen molar-refractivity contribution in [2.24, 2.45) is 0 Å². The molecule has 0 unspecified atom stereocenters. The maximum atomic E-state index is 5.18. The van der Waals surface area contributed by atoms with E-state index < -0.39 is 0 Å². The Balaban J connectivity index is 0.994. The largest absolute Gasteiger partial charge is 0.309 e. The maximum Gasteiger partial charge on any atom is 0.164 e. The van der Waals surface area contributed by atoms with Gasteiger partial charge >= 0.3 is 0 Å². The molecule has 0 aliphatic carbocycles. The van der Waals surface area contributed by atoms with Crippen LogP contribution in [-0.4, -0.2) is 19.5 Å². The maximum absolute atomic E-state index is 5.18. The summed E-state index contributed by atoms with van der Waals surface area (Å²) in [4.78, 5) is 15.4. The summed E-state index contributed by atoms with van der Waals surface area (Å²) in [5, 5.41) is 9.91. The van der Waals surface area contributed by atoms with E-state index in [0.717, 1.165) is 44.5 Å². The number of nitrogens with zero attached hydrogens (tertiary/aromatic N) is 4. The molecule has 284 valence electrons. The lowest BCUT2D eigenvalue weighted by molar-refractivity contribution is 1.07. The lowest BCUT2D eigenvalue weighted by atomic mass is 9.94. The molecule has 0 aliphatic heterocycles. The number of fused-ring (bicyclic) bond motifs is 9. The summed E-state index contributed by atoms with van der Waals surface area (Å²) in [7, 11) is 0. The molecule has 12 rings (SSSR count). The van der Waals surface area contributed by atoms with Crippen molar-refractivity contribution < 1.29 is 0 Å². The minimum absolute atomic E-state index is 0.624. The van der Waals surface area contributed by atoms with Crippen molar-refractivity contribution in [2.45, 2.75) is 0 Å². The highest BCUT2D eigenvalue weighted by Gasteiger charge is 2.18. The highest BCUT2D eigenvalue weighted by molar-refractivity contribution is 6.25. The molecule has 0 saturated carbocycles. The van der Waals surface area contributed by atoms with Crippen LogP contribution < -0.4 is 0 Å². The van der Waals surface area contributed by atoms with Crippen molar-refractivity contribution in [3.8, 4) is 62.1 Å². The van der Waals surface area contributed by atoms with Crippen LogP contribution in [0.5, 0.6) is 0 Å². The van der Waals surface area contributed by atoms with Crippen molar-refractivity contribution in [2.75, 3.05) is 0 Å². The Morgan fingerprint density at radius 1 is 0.230 bits per heavy atom. The summed E-state index contributed by atoms with van der Waals surface area (Å²) >= 11 is 0. The van der Waals surface area contributed by atoms with Crippen LogP contribution in [0, 0.1) is 0 Å². The number of hydrogen-bond acceptors (Lipinski definition) is 3. The molecule has 0 radical (unpaired) electrons. The standard InChI is InChI=1S/C57H36N4/c1-3-13-37(14-4-1)38-23-25-39(26-24-38)40-27-29-42(30-28-40)56-58-55(41-15-5-2-6-16-41)59-57(60-56)43-31-33-51-50-21-11-12-22-53(50)61(54(51)35-43)44-32-34-49-47-19-8-7-17-45(47)46-18-9-10-20-48(46)52(49)36-44/h1-36H. The molecule has 12 aromatic rings. The third-order valence-electron chi connectivity index (χ3n) is 12.1. The van der Waals surface area contributed by atoms with Gasteiger partial charge in [-0.1, -0.05) is 194 Å². The van der Waals surface area contributed by atoms with Crippen LogP contribution >= 0.6 is 0 Å². The van der Waals surface area contributed by atoms with Gasteiger partial charge in [0.25, 0.3) is 0 Å². The summed E-state index contributed by atoms with van der Waals surface area (Å²) in [5.41, 5.74) is 10.8. The first-order valence-electron chi connectivity index (χ1n) is 20.7. The van der Waals surface area contributed by atoms with Gasteiger partial charge in [-0.2, -0.15) is 0 Å². The molecule has 0 fully saturated rings. The number of para-hydroxylation sites is 1. The number of rotatable bonds is 6. The molecule has 0 atom stereocenters. The van der Waals surface area contributed by atoms with Crippen molar-refractivity contribution in [1.82, 2.24) is 19.5 Å². The van der Waals surface area contributed by atoms with Gasteiger partial charge in [0.2, 0.25) is 0 Å². The van der Waals surface area contributed by atoms with Crippen molar-refractivity contribution >= 4 is 54.1 Å². The average molecular weight is 777 g/mol. The van der Waals surface area contributed by atoms with E-state index in [2.05, 4.69) is 199 Å². The van der Waals surface area contributed by atoms with Gasteiger partial charge in [0.05, 0.1) is 11.0 Å². The zero-order chi connectivity index (χ0) is 40.3. The number of benzene rings is 10. The van der Waals surface area contributed by atoms with Crippen LogP contribution in [0.15, 0.2) is 218 Å². The highest BCUT2D eigenvalue weighted by Crippen LogP contribution is 2.39. The molecule has 2 aromatic heterocycles. The topological polar surface area (TPSA) is 43.6 Å². The predicted molar refractivity (Wildman–Crippen MR) is 254 cm³/mol. The molecule has 0 bridgehead atoms. The zero-order valence-electron chi connectivity index (χ0n) is 33.1. The van der Waals surface area contributed by atoms with E-state index in [0.29, 0.717) is 17.5 Å². The Labute approximate surface area is 352 Å². The van der Waals surface area contributed by atoms with Gasteiger partial charge in [0.15, 0.2) is 17.5 Å². The Kier molecular flexibility index (Phi) is 8.13. The Morgan fingerprint density at radius 3 is 1.16 bits per heavy atom. The monoisotopic (exact) mass is 776 g/mol. The van der Waals surface area contributed by atoms with E-state index in [1.54, 1.807) is 0 Å². The molecule has 0 aliphatic rings. The summed E-state index contributed by atoms with van der Waals surface area (Å²) in [6.45, 7) is 0. The highest BCUT2D eigenvalue weighted by atomic mass is 15.0. The van der Waals surface area contributed by atoms with E-state index >= 15 is 0 Å². The molecule has 4 heteroatoms.